The number of hydrogen-bond acceptors (Lipinski definition) is 6. The number of carbonyl (C=O) groups is 1. The number of anilines is 2. The molecule has 0 aliphatic carbocycles. The van der Waals surface area contributed by atoms with Crippen LogP contribution in [0.4, 0.5) is 11.5 Å². The topological polar surface area (TPSA) is 84.3 Å². The number of thiophene rings is 1. The Hall–Kier alpha value is -3.16. The molecule has 6 nitrogen and oxygen atoms in total. The number of carboxylic acids is 1. The minimum absolute atomic E-state index is 0.0269. The standard InChI is InChI=1S/C21H16ClN3O3S/c1-2-28-14-6-3-12(4-7-14)16-10-29-20-18(16)19(23-11-24-20)25-13-5-8-17(22)15(9-13)21(26)27/h3-11H,2H2,1H3,(H,26,27)(H,23,24,25). The molecular formula is C21H16ClN3O3S. The Morgan fingerprint density at radius 1 is 1.21 bits per heavy atom. The van der Waals surface area contributed by atoms with Crippen molar-refractivity contribution in [1.29, 1.82) is 0 Å². The zero-order valence-electron chi connectivity index (χ0n) is 15.3. The Morgan fingerprint density at radius 3 is 2.72 bits per heavy atom. The predicted molar refractivity (Wildman–Crippen MR) is 116 cm³/mol. The molecule has 0 spiro atoms. The summed E-state index contributed by atoms with van der Waals surface area (Å²) in [5, 5.41) is 15.6. The molecule has 0 bridgehead atoms. The molecular weight excluding hydrogens is 410 g/mol. The van der Waals surface area contributed by atoms with E-state index in [4.69, 9.17) is 16.3 Å². The second kappa shape index (κ2) is 8.06. The smallest absolute Gasteiger partial charge is 0.337 e. The number of carboxylic acid groups (broad SMARTS) is 1. The largest absolute Gasteiger partial charge is 0.494 e. The first-order chi connectivity index (χ1) is 14.1. The molecule has 29 heavy (non-hydrogen) atoms. The predicted octanol–water partition coefficient (Wildman–Crippen LogP) is 5.85. The maximum absolute atomic E-state index is 11.4. The van der Waals surface area contributed by atoms with E-state index >= 15 is 0 Å². The van der Waals surface area contributed by atoms with Gasteiger partial charge in [0.25, 0.3) is 0 Å². The van der Waals surface area contributed by atoms with Crippen molar-refractivity contribution in [2.24, 2.45) is 0 Å². The molecule has 0 aliphatic heterocycles. The summed E-state index contributed by atoms with van der Waals surface area (Å²) in [5.74, 6) is 0.323. The fourth-order valence-electron chi connectivity index (χ4n) is 2.98. The van der Waals surface area contributed by atoms with E-state index in [1.54, 1.807) is 12.1 Å². The fraction of sp³-hybridized carbons (Fsp3) is 0.0952. The maximum atomic E-state index is 11.4. The Kier molecular flexibility index (Phi) is 5.33. The molecule has 0 amide bonds. The molecule has 2 aromatic heterocycles. The molecule has 0 aliphatic rings. The molecule has 2 N–H and O–H groups in total. The third kappa shape index (κ3) is 3.87. The van der Waals surface area contributed by atoms with Crippen LogP contribution in [0.15, 0.2) is 54.2 Å². The van der Waals surface area contributed by atoms with Gasteiger partial charge >= 0.3 is 5.97 Å². The Bertz CT molecular complexity index is 1190. The number of benzene rings is 2. The zero-order valence-corrected chi connectivity index (χ0v) is 16.9. The van der Waals surface area contributed by atoms with E-state index in [1.807, 2.05) is 36.6 Å². The van der Waals surface area contributed by atoms with Gasteiger partial charge in [0.1, 0.15) is 22.7 Å². The highest BCUT2D eigenvalue weighted by atomic mass is 35.5. The minimum Gasteiger partial charge on any atom is -0.494 e. The normalized spacial score (nSPS) is 10.8. The first kappa shape index (κ1) is 19.2. The van der Waals surface area contributed by atoms with E-state index in [9.17, 15) is 9.90 Å². The van der Waals surface area contributed by atoms with Crippen LogP contribution >= 0.6 is 22.9 Å². The lowest BCUT2D eigenvalue weighted by Gasteiger charge is -2.10. The van der Waals surface area contributed by atoms with Gasteiger partial charge in [0.2, 0.25) is 0 Å². The number of fused-ring (bicyclic) bond motifs is 1. The van der Waals surface area contributed by atoms with Crippen LogP contribution in [0.1, 0.15) is 17.3 Å². The minimum atomic E-state index is -1.09. The van der Waals surface area contributed by atoms with Gasteiger partial charge in [-0.05, 0) is 42.8 Å². The molecule has 0 saturated heterocycles. The molecule has 2 aromatic carbocycles. The number of halogens is 1. The average Bonchev–Trinajstić information content (AvgIpc) is 3.15. The van der Waals surface area contributed by atoms with Crippen molar-refractivity contribution in [3.8, 4) is 16.9 Å². The van der Waals surface area contributed by atoms with Gasteiger partial charge in [0.15, 0.2) is 0 Å². The van der Waals surface area contributed by atoms with Gasteiger partial charge in [-0.1, -0.05) is 23.7 Å². The molecule has 4 rings (SSSR count). The van der Waals surface area contributed by atoms with Gasteiger partial charge < -0.3 is 15.2 Å². The lowest BCUT2D eigenvalue weighted by molar-refractivity contribution is 0.0697. The highest BCUT2D eigenvalue weighted by molar-refractivity contribution is 7.17. The number of aromatic nitrogens is 2. The number of nitrogens with one attached hydrogen (secondary N) is 1. The van der Waals surface area contributed by atoms with Crippen molar-refractivity contribution >= 4 is 50.6 Å². The summed E-state index contributed by atoms with van der Waals surface area (Å²) in [7, 11) is 0. The van der Waals surface area contributed by atoms with Crippen LogP contribution in [-0.4, -0.2) is 27.7 Å². The van der Waals surface area contributed by atoms with Crippen molar-refractivity contribution in [3.63, 3.8) is 0 Å². The van der Waals surface area contributed by atoms with Crippen LogP contribution in [0.5, 0.6) is 5.75 Å². The van der Waals surface area contributed by atoms with E-state index in [1.165, 1.54) is 23.7 Å². The fourth-order valence-corrected chi connectivity index (χ4v) is 4.10. The molecule has 146 valence electrons. The van der Waals surface area contributed by atoms with E-state index < -0.39 is 5.97 Å². The maximum Gasteiger partial charge on any atom is 0.337 e. The monoisotopic (exact) mass is 425 g/mol. The molecule has 0 unspecified atom stereocenters. The Labute approximate surface area is 175 Å². The lowest BCUT2D eigenvalue weighted by atomic mass is 10.1. The van der Waals surface area contributed by atoms with Crippen LogP contribution in [0.3, 0.4) is 0 Å². The molecule has 2 heterocycles. The number of rotatable bonds is 6. The zero-order chi connectivity index (χ0) is 20.4. The second-order valence-electron chi connectivity index (χ2n) is 6.13. The third-order valence-corrected chi connectivity index (χ3v) is 5.52. The highest BCUT2D eigenvalue weighted by Gasteiger charge is 2.15. The van der Waals surface area contributed by atoms with Crippen LogP contribution in [0, 0.1) is 0 Å². The van der Waals surface area contributed by atoms with Crippen LogP contribution < -0.4 is 10.1 Å². The lowest BCUT2D eigenvalue weighted by Crippen LogP contribution is -2.00. The molecule has 8 heteroatoms. The van der Waals surface area contributed by atoms with Crippen LogP contribution in [0.2, 0.25) is 5.02 Å². The Balaban J connectivity index is 1.75. The van der Waals surface area contributed by atoms with Gasteiger partial charge in [0.05, 0.1) is 22.6 Å². The summed E-state index contributed by atoms with van der Waals surface area (Å²) >= 11 is 7.49. The van der Waals surface area contributed by atoms with Gasteiger partial charge in [-0.25, -0.2) is 14.8 Å². The SMILES string of the molecule is CCOc1ccc(-c2csc3ncnc(Nc4ccc(Cl)c(C(=O)O)c4)c23)cc1. The van der Waals surface area contributed by atoms with E-state index in [0.29, 0.717) is 18.1 Å². The Morgan fingerprint density at radius 2 is 2.00 bits per heavy atom. The third-order valence-electron chi connectivity index (χ3n) is 4.31. The van der Waals surface area contributed by atoms with Crippen LogP contribution in [-0.2, 0) is 0 Å². The van der Waals surface area contributed by atoms with Gasteiger partial charge in [-0.15, -0.1) is 11.3 Å². The van der Waals surface area contributed by atoms with Gasteiger partial charge in [-0.2, -0.15) is 0 Å². The summed E-state index contributed by atoms with van der Waals surface area (Å²) in [6.45, 7) is 2.56. The van der Waals surface area contributed by atoms with Crippen molar-refractivity contribution in [1.82, 2.24) is 9.97 Å². The molecule has 0 radical (unpaired) electrons. The first-order valence-corrected chi connectivity index (χ1v) is 10.1. The summed E-state index contributed by atoms with van der Waals surface area (Å²) in [4.78, 5) is 20.9. The number of hydrogen-bond donors (Lipinski definition) is 2. The average molecular weight is 426 g/mol. The van der Waals surface area contributed by atoms with Gasteiger partial charge in [-0.3, -0.25) is 0 Å². The van der Waals surface area contributed by atoms with Crippen molar-refractivity contribution in [3.05, 3.63) is 64.8 Å². The number of nitrogens with zero attached hydrogens (tertiary/aromatic N) is 2. The first-order valence-electron chi connectivity index (χ1n) is 8.82. The molecule has 0 saturated carbocycles. The van der Waals surface area contributed by atoms with Gasteiger partial charge in [0, 0.05) is 16.6 Å². The number of ether oxygens (including phenoxy) is 1. The van der Waals surface area contributed by atoms with Crippen molar-refractivity contribution < 1.29 is 14.6 Å². The summed E-state index contributed by atoms with van der Waals surface area (Å²) in [5.41, 5.74) is 2.61. The number of aromatic carboxylic acids is 1. The summed E-state index contributed by atoms with van der Waals surface area (Å²) in [6, 6.07) is 12.6. The highest BCUT2D eigenvalue weighted by Crippen LogP contribution is 2.38. The molecule has 0 atom stereocenters. The molecule has 4 aromatic rings. The van der Waals surface area contributed by atoms with Crippen molar-refractivity contribution in [2.45, 2.75) is 6.92 Å². The summed E-state index contributed by atoms with van der Waals surface area (Å²) in [6.07, 6.45) is 1.48. The molecule has 0 fully saturated rings. The second-order valence-corrected chi connectivity index (χ2v) is 7.40. The summed E-state index contributed by atoms with van der Waals surface area (Å²) < 4.78 is 5.52. The quantitative estimate of drug-likeness (QED) is 0.403. The van der Waals surface area contributed by atoms with E-state index in [2.05, 4.69) is 15.3 Å². The van der Waals surface area contributed by atoms with Crippen molar-refractivity contribution in [2.75, 3.05) is 11.9 Å². The van der Waals surface area contributed by atoms with Crippen LogP contribution in [0.25, 0.3) is 21.3 Å². The van der Waals surface area contributed by atoms with E-state index in [0.717, 1.165) is 27.1 Å². The van der Waals surface area contributed by atoms with E-state index in [-0.39, 0.29) is 10.6 Å².